The van der Waals surface area contributed by atoms with Crippen molar-refractivity contribution in [3.63, 3.8) is 0 Å². The third-order valence-corrected chi connectivity index (χ3v) is 3.94. The number of amides is 2. The van der Waals surface area contributed by atoms with E-state index >= 15 is 0 Å². The summed E-state index contributed by atoms with van der Waals surface area (Å²) in [7, 11) is 1.62. The number of nitrogens with zero attached hydrogens (tertiary/aromatic N) is 1. The van der Waals surface area contributed by atoms with Crippen molar-refractivity contribution < 1.29 is 19.4 Å². The van der Waals surface area contributed by atoms with E-state index in [-0.39, 0.29) is 18.9 Å². The van der Waals surface area contributed by atoms with Gasteiger partial charge in [0.25, 0.3) is 5.91 Å². The van der Waals surface area contributed by atoms with Crippen LogP contribution in [0.5, 0.6) is 0 Å². The number of β-amino-alcohol motifs (C(OH)–C–C–N with tert-alkyl or cyclic N) is 1. The van der Waals surface area contributed by atoms with Crippen LogP contribution in [0.15, 0.2) is 24.3 Å². The van der Waals surface area contributed by atoms with Gasteiger partial charge in [0.05, 0.1) is 19.6 Å². The van der Waals surface area contributed by atoms with E-state index in [0.717, 1.165) is 11.1 Å². The number of methoxy groups -OCH3 is 1. The Morgan fingerprint density at radius 2 is 2.14 bits per heavy atom. The molecule has 22 heavy (non-hydrogen) atoms. The highest BCUT2D eigenvalue weighted by molar-refractivity contribution is 5.85. The van der Waals surface area contributed by atoms with E-state index in [1.165, 1.54) is 4.90 Å². The molecule has 0 bridgehead atoms. The number of likely N-dealkylation sites (tertiary alicyclic amines) is 1. The number of rotatable bonds is 5. The number of hydrogen-bond acceptors (Lipinski definition) is 4. The Kier molecular flexibility index (Phi) is 5.15. The second kappa shape index (κ2) is 6.89. The number of carbonyl (C=O) groups excluding carboxylic acids is 2. The molecule has 1 heterocycles. The Labute approximate surface area is 129 Å². The molecule has 0 saturated carbocycles. The van der Waals surface area contributed by atoms with Gasteiger partial charge >= 0.3 is 0 Å². The van der Waals surface area contributed by atoms with Crippen molar-refractivity contribution in [2.75, 3.05) is 20.2 Å². The van der Waals surface area contributed by atoms with Crippen molar-refractivity contribution in [1.82, 2.24) is 4.90 Å². The molecule has 6 heteroatoms. The van der Waals surface area contributed by atoms with Gasteiger partial charge in [-0.15, -0.1) is 0 Å². The lowest BCUT2D eigenvalue weighted by atomic mass is 9.92. The van der Waals surface area contributed by atoms with E-state index in [0.29, 0.717) is 26.0 Å². The molecule has 1 fully saturated rings. The number of carbonyl (C=O) groups is 2. The van der Waals surface area contributed by atoms with Gasteiger partial charge in [0.15, 0.2) is 5.60 Å². The van der Waals surface area contributed by atoms with E-state index in [1.54, 1.807) is 7.11 Å². The maximum absolute atomic E-state index is 12.4. The summed E-state index contributed by atoms with van der Waals surface area (Å²) >= 11 is 0. The van der Waals surface area contributed by atoms with Crippen LogP contribution in [0.2, 0.25) is 0 Å². The fourth-order valence-electron chi connectivity index (χ4n) is 2.73. The average molecular weight is 306 g/mol. The topological polar surface area (TPSA) is 92.9 Å². The van der Waals surface area contributed by atoms with E-state index < -0.39 is 11.5 Å². The molecule has 1 saturated heterocycles. The summed E-state index contributed by atoms with van der Waals surface area (Å²) in [4.78, 5) is 25.2. The van der Waals surface area contributed by atoms with Crippen LogP contribution in [0.4, 0.5) is 0 Å². The van der Waals surface area contributed by atoms with Crippen LogP contribution >= 0.6 is 0 Å². The average Bonchev–Trinajstić information content (AvgIpc) is 2.48. The molecule has 0 spiro atoms. The number of piperidine rings is 1. The highest BCUT2D eigenvalue weighted by atomic mass is 16.5. The predicted molar refractivity (Wildman–Crippen MR) is 80.8 cm³/mol. The third-order valence-electron chi connectivity index (χ3n) is 3.94. The van der Waals surface area contributed by atoms with Gasteiger partial charge in [0.1, 0.15) is 0 Å². The van der Waals surface area contributed by atoms with Crippen molar-refractivity contribution in [3.8, 4) is 0 Å². The van der Waals surface area contributed by atoms with Crippen LogP contribution < -0.4 is 5.73 Å². The molecule has 1 atom stereocenters. The van der Waals surface area contributed by atoms with Gasteiger partial charge in [-0.1, -0.05) is 24.3 Å². The second-order valence-corrected chi connectivity index (χ2v) is 5.74. The summed E-state index contributed by atoms with van der Waals surface area (Å²) in [5.41, 5.74) is 5.51. The van der Waals surface area contributed by atoms with Crippen LogP contribution in [0.25, 0.3) is 0 Å². The zero-order valence-electron chi connectivity index (χ0n) is 12.7. The Morgan fingerprint density at radius 3 is 2.82 bits per heavy atom. The monoisotopic (exact) mass is 306 g/mol. The Hall–Kier alpha value is -1.92. The first-order chi connectivity index (χ1) is 10.4. The molecule has 1 aliphatic heterocycles. The number of ether oxygens (including phenoxy) is 1. The summed E-state index contributed by atoms with van der Waals surface area (Å²) in [6, 6.07) is 7.62. The maximum atomic E-state index is 12.4. The van der Waals surface area contributed by atoms with Crippen LogP contribution in [-0.4, -0.2) is 47.6 Å². The van der Waals surface area contributed by atoms with Crippen molar-refractivity contribution in [2.24, 2.45) is 5.73 Å². The highest BCUT2D eigenvalue weighted by Crippen LogP contribution is 2.21. The largest absolute Gasteiger partial charge is 0.380 e. The molecule has 1 aromatic carbocycles. The van der Waals surface area contributed by atoms with E-state index in [1.807, 2.05) is 24.3 Å². The quantitative estimate of drug-likeness (QED) is 0.813. The van der Waals surface area contributed by atoms with E-state index in [2.05, 4.69) is 0 Å². The number of aliphatic hydroxyl groups is 1. The summed E-state index contributed by atoms with van der Waals surface area (Å²) in [6.45, 7) is 0.998. The zero-order valence-corrected chi connectivity index (χ0v) is 12.7. The molecule has 2 amide bonds. The van der Waals surface area contributed by atoms with Crippen molar-refractivity contribution in [1.29, 1.82) is 0 Å². The molecule has 1 aliphatic rings. The number of hydrogen-bond donors (Lipinski definition) is 2. The fraction of sp³-hybridized carbons (Fsp3) is 0.500. The van der Waals surface area contributed by atoms with Crippen molar-refractivity contribution in [2.45, 2.75) is 31.5 Å². The SMILES string of the molecule is COCc1cccc(CC(=O)N2CCC[C@@](O)(C(N)=O)C2)c1. The molecule has 120 valence electrons. The maximum Gasteiger partial charge on any atom is 0.251 e. The number of benzene rings is 1. The minimum absolute atomic E-state index is 0.0288. The van der Waals surface area contributed by atoms with Crippen molar-refractivity contribution >= 4 is 11.8 Å². The van der Waals surface area contributed by atoms with Crippen LogP contribution in [-0.2, 0) is 27.4 Å². The lowest BCUT2D eigenvalue weighted by Crippen LogP contribution is -2.57. The van der Waals surface area contributed by atoms with Gasteiger partial charge in [0.2, 0.25) is 5.91 Å². The number of primary amides is 1. The minimum atomic E-state index is -1.61. The molecule has 0 unspecified atom stereocenters. The van der Waals surface area contributed by atoms with Gasteiger partial charge < -0.3 is 20.5 Å². The lowest BCUT2D eigenvalue weighted by molar-refractivity contribution is -0.148. The van der Waals surface area contributed by atoms with Gasteiger partial charge in [-0.25, -0.2) is 0 Å². The van der Waals surface area contributed by atoms with Crippen LogP contribution in [0.3, 0.4) is 0 Å². The smallest absolute Gasteiger partial charge is 0.251 e. The van der Waals surface area contributed by atoms with Crippen molar-refractivity contribution in [3.05, 3.63) is 35.4 Å². The first-order valence-corrected chi connectivity index (χ1v) is 7.31. The predicted octanol–water partition coefficient (Wildman–Crippen LogP) is 0.214. The highest BCUT2D eigenvalue weighted by Gasteiger charge is 2.40. The van der Waals surface area contributed by atoms with Crippen LogP contribution in [0, 0.1) is 0 Å². The summed E-state index contributed by atoms with van der Waals surface area (Å²) < 4.78 is 5.08. The van der Waals surface area contributed by atoms with Crippen LogP contribution in [0.1, 0.15) is 24.0 Å². The Balaban J connectivity index is 2.02. The minimum Gasteiger partial charge on any atom is -0.380 e. The van der Waals surface area contributed by atoms with Gasteiger partial charge in [-0.2, -0.15) is 0 Å². The molecule has 6 nitrogen and oxygen atoms in total. The molecular weight excluding hydrogens is 284 g/mol. The van der Waals surface area contributed by atoms with E-state index in [4.69, 9.17) is 10.5 Å². The summed E-state index contributed by atoms with van der Waals surface area (Å²) in [5.74, 6) is -0.888. The first-order valence-electron chi connectivity index (χ1n) is 7.31. The first kappa shape index (κ1) is 16.5. The number of nitrogens with two attached hydrogens (primary N) is 1. The van der Waals surface area contributed by atoms with E-state index in [9.17, 15) is 14.7 Å². The lowest BCUT2D eigenvalue weighted by Gasteiger charge is -2.37. The second-order valence-electron chi connectivity index (χ2n) is 5.74. The third kappa shape index (κ3) is 3.84. The Bertz CT molecular complexity index is 561. The normalized spacial score (nSPS) is 21.6. The molecule has 2 rings (SSSR count). The summed E-state index contributed by atoms with van der Waals surface area (Å²) in [6.07, 6.45) is 1.09. The molecule has 0 radical (unpaired) electrons. The van der Waals surface area contributed by atoms with Gasteiger partial charge in [0, 0.05) is 13.7 Å². The standard InChI is InChI=1S/C16H22N2O4/c1-22-10-13-5-2-4-12(8-13)9-14(19)18-7-3-6-16(21,11-18)15(17)20/h2,4-5,8,21H,3,6-7,9-11H2,1H3,(H2,17,20)/t16-/m0/s1. The molecule has 1 aromatic rings. The molecular formula is C16H22N2O4. The zero-order chi connectivity index (χ0) is 16.2. The van der Waals surface area contributed by atoms with Gasteiger partial charge in [-0.05, 0) is 24.0 Å². The molecule has 0 aromatic heterocycles. The fourth-order valence-corrected chi connectivity index (χ4v) is 2.73. The Morgan fingerprint density at radius 1 is 1.41 bits per heavy atom. The summed E-state index contributed by atoms with van der Waals surface area (Å²) in [5, 5.41) is 10.2. The molecule has 3 N–H and O–H groups in total. The van der Waals surface area contributed by atoms with Gasteiger partial charge in [-0.3, -0.25) is 9.59 Å². The molecule has 0 aliphatic carbocycles.